The highest BCUT2D eigenvalue weighted by Gasteiger charge is 2.27. The van der Waals surface area contributed by atoms with E-state index in [1.165, 1.54) is 42.4 Å². The van der Waals surface area contributed by atoms with E-state index in [4.69, 9.17) is 0 Å². The molecule has 2 aromatic rings. The van der Waals surface area contributed by atoms with Gasteiger partial charge in [-0.3, -0.25) is 13.8 Å². The second-order valence-corrected chi connectivity index (χ2v) is 6.60. The second kappa shape index (κ2) is 6.78. The Labute approximate surface area is 133 Å². The molecule has 0 radical (unpaired) electrons. The van der Waals surface area contributed by atoms with Crippen LogP contribution in [0.3, 0.4) is 0 Å². The van der Waals surface area contributed by atoms with Gasteiger partial charge in [-0.1, -0.05) is 6.07 Å². The molecule has 0 unspecified atom stereocenters. The molecular formula is C14H16FN3O4S. The number of hydrogen-bond donors (Lipinski definition) is 0. The molecule has 2 rings (SSSR count). The summed E-state index contributed by atoms with van der Waals surface area (Å²) in [6.45, 7) is -0.173. The summed E-state index contributed by atoms with van der Waals surface area (Å²) in [4.78, 5) is 11.3. The van der Waals surface area contributed by atoms with Crippen molar-refractivity contribution in [3.63, 3.8) is 0 Å². The summed E-state index contributed by atoms with van der Waals surface area (Å²) in [5.41, 5.74) is 0.123. The van der Waals surface area contributed by atoms with Crippen molar-refractivity contribution in [2.45, 2.75) is 11.3 Å². The third kappa shape index (κ3) is 3.86. The number of carbonyl (C=O) groups is 1. The summed E-state index contributed by atoms with van der Waals surface area (Å²) in [6, 6.07) is 5.15. The van der Waals surface area contributed by atoms with E-state index < -0.39 is 21.8 Å². The fourth-order valence-corrected chi connectivity index (χ4v) is 3.42. The Morgan fingerprint density at radius 3 is 2.74 bits per heavy atom. The normalized spacial score (nSPS) is 11.3. The molecule has 0 saturated carbocycles. The van der Waals surface area contributed by atoms with Gasteiger partial charge in [0.2, 0.25) is 0 Å². The highest BCUT2D eigenvalue weighted by molar-refractivity contribution is 7.92. The fraction of sp³-hybridized carbons (Fsp3) is 0.286. The van der Waals surface area contributed by atoms with Gasteiger partial charge in [-0.15, -0.1) is 0 Å². The first-order valence-corrected chi connectivity index (χ1v) is 8.12. The number of rotatable bonds is 6. The Morgan fingerprint density at radius 2 is 2.17 bits per heavy atom. The number of esters is 1. The smallest absolute Gasteiger partial charge is 0.307 e. The number of carbonyl (C=O) groups excluding carboxylic acids is 1. The van der Waals surface area contributed by atoms with Crippen LogP contribution in [0.4, 0.5) is 10.1 Å². The number of sulfonamides is 1. The van der Waals surface area contributed by atoms with Crippen molar-refractivity contribution >= 4 is 21.7 Å². The highest BCUT2D eigenvalue weighted by Crippen LogP contribution is 2.24. The lowest BCUT2D eigenvalue weighted by molar-refractivity contribution is -0.140. The molecule has 0 aliphatic carbocycles. The standard InChI is InChI=1S/C14H16FN3O4S/c1-17-10-13(9-16-17)23(20,21)18(7-6-14(19)22-2)12-5-3-4-11(15)8-12/h3-5,8-10H,6-7H2,1-2H3. The van der Waals surface area contributed by atoms with Crippen molar-refractivity contribution in [1.29, 1.82) is 0 Å². The molecule has 23 heavy (non-hydrogen) atoms. The van der Waals surface area contributed by atoms with Crippen LogP contribution in [0.1, 0.15) is 6.42 Å². The number of hydrogen-bond acceptors (Lipinski definition) is 5. The van der Waals surface area contributed by atoms with Crippen LogP contribution in [-0.4, -0.2) is 37.8 Å². The Kier molecular flexibility index (Phi) is 4.99. The first kappa shape index (κ1) is 16.9. The molecule has 7 nitrogen and oxygen atoms in total. The maximum absolute atomic E-state index is 13.5. The van der Waals surface area contributed by atoms with Gasteiger partial charge in [-0.05, 0) is 18.2 Å². The molecule has 1 aromatic carbocycles. The van der Waals surface area contributed by atoms with Crippen LogP contribution in [0.5, 0.6) is 0 Å². The number of aromatic nitrogens is 2. The zero-order valence-corrected chi connectivity index (χ0v) is 13.5. The summed E-state index contributed by atoms with van der Waals surface area (Å²) < 4.78 is 45.8. The molecule has 1 aromatic heterocycles. The van der Waals surface area contributed by atoms with Crippen LogP contribution < -0.4 is 4.31 Å². The van der Waals surface area contributed by atoms with Gasteiger partial charge in [0.25, 0.3) is 10.0 Å². The SMILES string of the molecule is COC(=O)CCN(c1cccc(F)c1)S(=O)(=O)c1cnn(C)c1. The molecule has 0 aliphatic rings. The molecule has 9 heteroatoms. The number of methoxy groups -OCH3 is 1. The molecule has 1 heterocycles. The third-order valence-electron chi connectivity index (χ3n) is 3.11. The predicted octanol–water partition coefficient (Wildman–Crippen LogP) is 1.32. The summed E-state index contributed by atoms with van der Waals surface area (Å²) >= 11 is 0. The molecule has 0 fully saturated rings. The van der Waals surface area contributed by atoms with Gasteiger partial charge in [0.1, 0.15) is 10.7 Å². The first-order chi connectivity index (χ1) is 10.8. The number of aryl methyl sites for hydroxylation is 1. The maximum atomic E-state index is 13.5. The topological polar surface area (TPSA) is 81.5 Å². The largest absolute Gasteiger partial charge is 0.469 e. The van der Waals surface area contributed by atoms with E-state index in [1.807, 2.05) is 0 Å². The minimum absolute atomic E-state index is 0.0471. The lowest BCUT2D eigenvalue weighted by atomic mass is 10.3. The monoisotopic (exact) mass is 341 g/mol. The Bertz CT molecular complexity index is 804. The first-order valence-electron chi connectivity index (χ1n) is 6.68. The van der Waals surface area contributed by atoms with Crippen molar-refractivity contribution in [3.8, 4) is 0 Å². The summed E-state index contributed by atoms with van der Waals surface area (Å²) in [5.74, 6) is -1.14. The van der Waals surface area contributed by atoms with Crippen molar-refractivity contribution in [2.24, 2.45) is 7.05 Å². The van der Waals surface area contributed by atoms with Gasteiger partial charge in [0.05, 0.1) is 25.4 Å². The predicted molar refractivity (Wildman–Crippen MR) is 80.8 cm³/mol. The maximum Gasteiger partial charge on any atom is 0.307 e. The van der Waals surface area contributed by atoms with E-state index in [0.717, 1.165) is 10.4 Å². The molecule has 124 valence electrons. The molecular weight excluding hydrogens is 325 g/mol. The van der Waals surface area contributed by atoms with Crippen molar-refractivity contribution in [1.82, 2.24) is 9.78 Å². The van der Waals surface area contributed by atoms with Gasteiger partial charge in [0.15, 0.2) is 0 Å². The molecule has 0 spiro atoms. The molecule has 0 atom stereocenters. The van der Waals surface area contributed by atoms with E-state index >= 15 is 0 Å². The van der Waals surface area contributed by atoms with Crippen LogP contribution >= 0.6 is 0 Å². The van der Waals surface area contributed by atoms with E-state index in [0.29, 0.717) is 0 Å². The molecule has 0 N–H and O–H groups in total. The Hall–Kier alpha value is -2.42. The Balaban J connectivity index is 2.42. The van der Waals surface area contributed by atoms with Crippen LogP contribution in [-0.2, 0) is 26.6 Å². The van der Waals surface area contributed by atoms with Crippen molar-refractivity contribution < 1.29 is 22.3 Å². The van der Waals surface area contributed by atoms with Gasteiger partial charge in [-0.25, -0.2) is 12.8 Å². The number of nitrogens with zero attached hydrogens (tertiary/aromatic N) is 3. The minimum Gasteiger partial charge on any atom is -0.469 e. The average Bonchev–Trinajstić information content (AvgIpc) is 2.94. The van der Waals surface area contributed by atoms with E-state index in [9.17, 15) is 17.6 Å². The lowest BCUT2D eigenvalue weighted by Crippen LogP contribution is -2.33. The van der Waals surface area contributed by atoms with Gasteiger partial charge < -0.3 is 4.74 Å². The quantitative estimate of drug-likeness (QED) is 0.740. The highest BCUT2D eigenvalue weighted by atomic mass is 32.2. The van der Waals surface area contributed by atoms with Crippen LogP contribution in [0.25, 0.3) is 0 Å². The zero-order valence-electron chi connectivity index (χ0n) is 12.6. The second-order valence-electron chi connectivity index (χ2n) is 4.73. The molecule has 0 aliphatic heterocycles. The van der Waals surface area contributed by atoms with Crippen LogP contribution in [0.15, 0.2) is 41.6 Å². The number of benzene rings is 1. The van der Waals surface area contributed by atoms with Crippen molar-refractivity contribution in [2.75, 3.05) is 18.0 Å². The third-order valence-corrected chi connectivity index (χ3v) is 4.89. The summed E-state index contributed by atoms with van der Waals surface area (Å²) in [6.07, 6.45) is 2.37. The van der Waals surface area contributed by atoms with Crippen molar-refractivity contribution in [3.05, 3.63) is 42.5 Å². The molecule has 0 saturated heterocycles. The van der Waals surface area contributed by atoms with E-state index in [-0.39, 0.29) is 23.5 Å². The minimum atomic E-state index is -3.98. The Morgan fingerprint density at radius 1 is 1.43 bits per heavy atom. The number of ether oxygens (including phenoxy) is 1. The average molecular weight is 341 g/mol. The molecule has 0 amide bonds. The van der Waals surface area contributed by atoms with Gasteiger partial charge >= 0.3 is 5.97 Å². The van der Waals surface area contributed by atoms with Gasteiger partial charge in [-0.2, -0.15) is 5.10 Å². The number of halogens is 1. The van der Waals surface area contributed by atoms with Crippen LogP contribution in [0.2, 0.25) is 0 Å². The summed E-state index contributed by atoms with van der Waals surface area (Å²) in [5, 5.41) is 3.83. The van der Waals surface area contributed by atoms with Crippen LogP contribution in [0, 0.1) is 5.82 Å². The molecule has 0 bridgehead atoms. The van der Waals surface area contributed by atoms with E-state index in [1.54, 1.807) is 7.05 Å². The zero-order chi connectivity index (χ0) is 17.0. The fourth-order valence-electron chi connectivity index (χ4n) is 1.97. The lowest BCUT2D eigenvalue weighted by Gasteiger charge is -2.23. The van der Waals surface area contributed by atoms with Gasteiger partial charge in [0, 0.05) is 19.8 Å². The number of anilines is 1. The van der Waals surface area contributed by atoms with E-state index in [2.05, 4.69) is 9.84 Å². The summed E-state index contributed by atoms with van der Waals surface area (Å²) in [7, 11) is -1.18.